The van der Waals surface area contributed by atoms with E-state index in [4.69, 9.17) is 9.84 Å². The highest BCUT2D eigenvalue weighted by atomic mass is 32.2. The lowest BCUT2D eigenvalue weighted by Crippen LogP contribution is -2.12. The van der Waals surface area contributed by atoms with Gasteiger partial charge in [-0.2, -0.15) is 0 Å². The van der Waals surface area contributed by atoms with Crippen molar-refractivity contribution >= 4 is 28.5 Å². The van der Waals surface area contributed by atoms with Gasteiger partial charge in [0.25, 0.3) is 0 Å². The zero-order valence-electron chi connectivity index (χ0n) is 13.3. The summed E-state index contributed by atoms with van der Waals surface area (Å²) in [5.74, 6) is 0.545. The molecule has 3 aromatic rings. The number of ether oxygens (including phenoxy) is 1. The molecule has 1 N–H and O–H groups in total. The van der Waals surface area contributed by atoms with Gasteiger partial charge in [-0.1, -0.05) is 48.2 Å². The number of carboxylic acids is 1. The van der Waals surface area contributed by atoms with Gasteiger partial charge in [0.1, 0.15) is 17.6 Å². The zero-order valence-corrected chi connectivity index (χ0v) is 14.2. The van der Waals surface area contributed by atoms with E-state index in [0.29, 0.717) is 11.0 Å². The third-order valence-electron chi connectivity index (χ3n) is 3.66. The molecule has 3 rings (SSSR count). The zero-order chi connectivity index (χ0) is 17.1. The minimum atomic E-state index is -0.878. The maximum atomic E-state index is 11.0. The number of benzene rings is 2. The highest BCUT2D eigenvalue weighted by molar-refractivity contribution is 8.00. The van der Waals surface area contributed by atoms with E-state index in [1.165, 1.54) is 0 Å². The maximum Gasteiger partial charge on any atom is 0.316 e. The average molecular weight is 343 g/mol. The number of rotatable bonds is 6. The van der Waals surface area contributed by atoms with Gasteiger partial charge in [0.15, 0.2) is 11.0 Å². The number of thioether (sulfide) groups is 1. The van der Waals surface area contributed by atoms with E-state index in [2.05, 4.69) is 10.2 Å². The predicted octanol–water partition coefficient (Wildman–Crippen LogP) is 3.11. The van der Waals surface area contributed by atoms with Gasteiger partial charge < -0.3 is 14.4 Å². The first-order chi connectivity index (χ1) is 11.6. The van der Waals surface area contributed by atoms with Crippen LogP contribution in [0.5, 0.6) is 5.75 Å². The molecule has 0 saturated heterocycles. The van der Waals surface area contributed by atoms with E-state index in [1.807, 2.05) is 42.5 Å². The monoisotopic (exact) mass is 343 g/mol. The van der Waals surface area contributed by atoms with Gasteiger partial charge in [0.05, 0.1) is 0 Å². The van der Waals surface area contributed by atoms with E-state index in [9.17, 15) is 4.79 Å². The van der Waals surface area contributed by atoms with Crippen molar-refractivity contribution in [2.75, 3.05) is 0 Å². The molecule has 1 atom stereocenters. The van der Waals surface area contributed by atoms with Gasteiger partial charge in [-0.3, -0.25) is 4.79 Å². The molecule has 0 unspecified atom stereocenters. The Morgan fingerprint density at radius 1 is 1.25 bits per heavy atom. The third-order valence-corrected chi connectivity index (χ3v) is 4.78. The van der Waals surface area contributed by atoms with Gasteiger partial charge in [-0.15, -0.1) is 10.2 Å². The molecule has 7 heteroatoms. The first-order valence-electron chi connectivity index (χ1n) is 7.44. The Morgan fingerprint density at radius 3 is 2.79 bits per heavy atom. The molecule has 0 bridgehead atoms. The van der Waals surface area contributed by atoms with E-state index >= 15 is 0 Å². The van der Waals surface area contributed by atoms with Crippen molar-refractivity contribution in [2.24, 2.45) is 7.05 Å². The lowest BCUT2D eigenvalue weighted by Gasteiger charge is -2.09. The molecule has 0 fully saturated rings. The summed E-state index contributed by atoms with van der Waals surface area (Å²) in [5, 5.41) is 19.3. The topological polar surface area (TPSA) is 77.2 Å². The smallest absolute Gasteiger partial charge is 0.316 e. The van der Waals surface area contributed by atoms with Crippen molar-refractivity contribution in [3.8, 4) is 5.75 Å². The minimum absolute atomic E-state index is 0.263. The number of aliphatic carboxylic acids is 1. The van der Waals surface area contributed by atoms with Crippen molar-refractivity contribution in [1.29, 1.82) is 0 Å². The third kappa shape index (κ3) is 3.35. The summed E-state index contributed by atoms with van der Waals surface area (Å²) < 4.78 is 7.66. The van der Waals surface area contributed by atoms with Crippen LogP contribution in [-0.2, 0) is 18.4 Å². The van der Waals surface area contributed by atoms with E-state index in [1.54, 1.807) is 18.5 Å². The van der Waals surface area contributed by atoms with Gasteiger partial charge in [0, 0.05) is 12.4 Å². The van der Waals surface area contributed by atoms with E-state index in [0.717, 1.165) is 28.3 Å². The molecule has 0 radical (unpaired) electrons. The fourth-order valence-corrected chi connectivity index (χ4v) is 3.01. The molecule has 0 saturated carbocycles. The van der Waals surface area contributed by atoms with Crippen molar-refractivity contribution < 1.29 is 14.6 Å². The summed E-state index contributed by atoms with van der Waals surface area (Å²) >= 11 is 1.16. The van der Waals surface area contributed by atoms with Crippen LogP contribution in [0.4, 0.5) is 0 Å². The highest BCUT2D eigenvalue weighted by Crippen LogP contribution is 2.26. The summed E-state index contributed by atoms with van der Waals surface area (Å²) in [6.45, 7) is 1.88. The molecule has 0 amide bonds. The summed E-state index contributed by atoms with van der Waals surface area (Å²) in [7, 11) is 1.80. The Morgan fingerprint density at radius 2 is 2.00 bits per heavy atom. The summed E-state index contributed by atoms with van der Waals surface area (Å²) in [5.41, 5.74) is 0. The van der Waals surface area contributed by atoms with Crippen LogP contribution in [0.1, 0.15) is 12.7 Å². The predicted molar refractivity (Wildman–Crippen MR) is 92.2 cm³/mol. The van der Waals surface area contributed by atoms with Gasteiger partial charge >= 0.3 is 5.97 Å². The number of carbonyl (C=O) groups is 1. The van der Waals surface area contributed by atoms with E-state index in [-0.39, 0.29) is 6.61 Å². The molecule has 0 spiro atoms. The maximum absolute atomic E-state index is 11.0. The molecule has 6 nitrogen and oxygen atoms in total. The number of fused-ring (bicyclic) bond motifs is 1. The fraction of sp³-hybridized carbons (Fsp3) is 0.235. The van der Waals surface area contributed by atoms with Crippen molar-refractivity contribution in [3.05, 3.63) is 48.3 Å². The van der Waals surface area contributed by atoms with Crippen LogP contribution in [0.3, 0.4) is 0 Å². The second-order valence-electron chi connectivity index (χ2n) is 5.32. The normalized spacial score (nSPS) is 12.2. The standard InChI is InChI=1S/C17H17N3O3S/c1-11(16(21)22)24-17-19-18-15(20(17)2)10-23-14-9-5-7-12-6-3-4-8-13(12)14/h3-9,11H,10H2,1-2H3,(H,21,22)/t11-/m1/s1. The lowest BCUT2D eigenvalue weighted by molar-refractivity contribution is -0.136. The quantitative estimate of drug-likeness (QED) is 0.693. The second kappa shape index (κ2) is 6.92. The number of aromatic nitrogens is 3. The number of hydrogen-bond acceptors (Lipinski definition) is 5. The minimum Gasteiger partial charge on any atom is -0.485 e. The molecule has 2 aromatic carbocycles. The molecule has 0 aliphatic carbocycles. The van der Waals surface area contributed by atoms with Crippen LogP contribution in [0.2, 0.25) is 0 Å². The van der Waals surface area contributed by atoms with Crippen LogP contribution in [0, 0.1) is 0 Å². The molecule has 0 aliphatic rings. The van der Waals surface area contributed by atoms with Crippen molar-refractivity contribution in [1.82, 2.24) is 14.8 Å². The summed E-state index contributed by atoms with van der Waals surface area (Å²) in [4.78, 5) is 11.0. The Labute approximate surface area is 143 Å². The Hall–Kier alpha value is -2.54. The SMILES string of the molecule is C[C@@H](Sc1nnc(COc2cccc3ccccc23)n1C)C(=O)O. The molecular formula is C17H17N3O3S. The Kier molecular flexibility index (Phi) is 4.71. The fourth-order valence-electron chi connectivity index (χ4n) is 2.25. The van der Waals surface area contributed by atoms with Crippen LogP contribution in [-0.4, -0.2) is 31.1 Å². The molecule has 124 valence electrons. The Bertz CT molecular complexity index is 873. The molecule has 24 heavy (non-hydrogen) atoms. The second-order valence-corrected chi connectivity index (χ2v) is 6.63. The van der Waals surface area contributed by atoms with Gasteiger partial charge in [-0.25, -0.2) is 0 Å². The average Bonchev–Trinajstić information content (AvgIpc) is 2.93. The van der Waals surface area contributed by atoms with Crippen LogP contribution < -0.4 is 4.74 Å². The first-order valence-corrected chi connectivity index (χ1v) is 8.32. The van der Waals surface area contributed by atoms with Crippen molar-refractivity contribution in [3.63, 3.8) is 0 Å². The van der Waals surface area contributed by atoms with Crippen LogP contribution >= 0.6 is 11.8 Å². The van der Waals surface area contributed by atoms with Crippen molar-refractivity contribution in [2.45, 2.75) is 23.9 Å². The molecule has 1 aromatic heterocycles. The molecule has 1 heterocycles. The van der Waals surface area contributed by atoms with Gasteiger partial charge in [0.2, 0.25) is 0 Å². The highest BCUT2D eigenvalue weighted by Gasteiger charge is 2.18. The van der Waals surface area contributed by atoms with E-state index < -0.39 is 11.2 Å². The first kappa shape index (κ1) is 16.3. The number of nitrogens with zero attached hydrogens (tertiary/aromatic N) is 3. The lowest BCUT2D eigenvalue weighted by atomic mass is 10.1. The number of carboxylic acid groups (broad SMARTS) is 1. The molecular weight excluding hydrogens is 326 g/mol. The Balaban J connectivity index is 1.75. The molecule has 0 aliphatic heterocycles. The number of hydrogen-bond donors (Lipinski definition) is 1. The van der Waals surface area contributed by atoms with Gasteiger partial charge in [-0.05, 0) is 18.4 Å². The summed E-state index contributed by atoms with van der Waals surface area (Å²) in [6.07, 6.45) is 0. The van der Waals surface area contributed by atoms with Crippen LogP contribution in [0.25, 0.3) is 10.8 Å². The van der Waals surface area contributed by atoms with Crippen LogP contribution in [0.15, 0.2) is 47.6 Å². The largest absolute Gasteiger partial charge is 0.485 e. The summed E-state index contributed by atoms with van der Waals surface area (Å²) in [6, 6.07) is 13.9.